The van der Waals surface area contributed by atoms with Crippen molar-refractivity contribution < 1.29 is 4.74 Å². The number of aromatic nitrogens is 4. The van der Waals surface area contributed by atoms with E-state index in [1.807, 2.05) is 48.5 Å². The van der Waals surface area contributed by atoms with Crippen LogP contribution in [0.1, 0.15) is 11.4 Å². The fourth-order valence-corrected chi connectivity index (χ4v) is 2.79. The van der Waals surface area contributed by atoms with E-state index in [4.69, 9.17) is 4.74 Å². The van der Waals surface area contributed by atoms with Crippen LogP contribution in [0.3, 0.4) is 0 Å². The number of tetrazole rings is 1. The van der Waals surface area contributed by atoms with Gasteiger partial charge < -0.3 is 4.74 Å². The first-order valence-corrected chi connectivity index (χ1v) is 7.66. The van der Waals surface area contributed by atoms with E-state index < -0.39 is 0 Å². The van der Waals surface area contributed by atoms with Gasteiger partial charge in [0, 0.05) is 18.7 Å². The molecule has 0 saturated carbocycles. The smallest absolute Gasteiger partial charge is 0.170 e. The molecule has 6 nitrogen and oxygen atoms in total. The molecule has 1 aliphatic rings. The Labute approximate surface area is 134 Å². The number of hydrogen-bond acceptors (Lipinski definition) is 5. The molecule has 2 heterocycles. The van der Waals surface area contributed by atoms with E-state index >= 15 is 0 Å². The predicted molar refractivity (Wildman–Crippen MR) is 85.2 cm³/mol. The van der Waals surface area contributed by atoms with E-state index in [1.165, 1.54) is 5.56 Å². The lowest BCUT2D eigenvalue weighted by Gasteiger charge is -2.18. The highest BCUT2D eigenvalue weighted by Gasteiger charge is 2.18. The Morgan fingerprint density at radius 2 is 1.83 bits per heavy atom. The highest BCUT2D eigenvalue weighted by Crippen LogP contribution is 2.23. The van der Waals surface area contributed by atoms with Gasteiger partial charge in [-0.3, -0.25) is 4.90 Å². The van der Waals surface area contributed by atoms with E-state index in [1.54, 1.807) is 4.68 Å². The van der Waals surface area contributed by atoms with Gasteiger partial charge in [0.15, 0.2) is 5.82 Å². The summed E-state index contributed by atoms with van der Waals surface area (Å²) in [4.78, 5) is 2.30. The van der Waals surface area contributed by atoms with E-state index in [0.717, 1.165) is 30.4 Å². The molecule has 0 spiro atoms. The first-order chi connectivity index (χ1) is 11.4. The second-order valence-electron chi connectivity index (χ2n) is 5.51. The lowest BCUT2D eigenvalue weighted by molar-refractivity contribution is 0.214. The first kappa shape index (κ1) is 13.9. The molecule has 0 bridgehead atoms. The normalized spacial score (nSPS) is 14.8. The van der Waals surface area contributed by atoms with Crippen LogP contribution in [0.15, 0.2) is 54.6 Å². The van der Waals surface area contributed by atoms with Crippen LogP contribution in [-0.2, 0) is 13.1 Å². The Balaban J connectivity index is 1.57. The van der Waals surface area contributed by atoms with Crippen molar-refractivity contribution in [3.63, 3.8) is 0 Å². The fraction of sp³-hybridized carbons (Fsp3) is 0.235. The molecule has 1 aliphatic heterocycles. The SMILES string of the molecule is c1ccc(-n2nnnc2CN2CCOc3ccccc3C2)cc1. The molecule has 4 rings (SSSR count). The molecule has 0 saturated heterocycles. The Morgan fingerprint density at radius 1 is 1.00 bits per heavy atom. The molecular formula is C17H17N5O. The molecule has 0 atom stereocenters. The molecule has 0 fully saturated rings. The van der Waals surface area contributed by atoms with Gasteiger partial charge in [0.2, 0.25) is 0 Å². The van der Waals surface area contributed by atoms with Crippen molar-refractivity contribution in [2.75, 3.05) is 13.2 Å². The minimum Gasteiger partial charge on any atom is -0.492 e. The molecule has 6 heteroatoms. The Hall–Kier alpha value is -2.73. The summed E-state index contributed by atoms with van der Waals surface area (Å²) in [7, 11) is 0. The number of nitrogens with zero attached hydrogens (tertiary/aromatic N) is 5. The third-order valence-corrected chi connectivity index (χ3v) is 3.93. The van der Waals surface area contributed by atoms with E-state index in [-0.39, 0.29) is 0 Å². The van der Waals surface area contributed by atoms with Crippen LogP contribution in [0.4, 0.5) is 0 Å². The zero-order chi connectivity index (χ0) is 15.5. The number of rotatable bonds is 3. The zero-order valence-corrected chi connectivity index (χ0v) is 12.7. The van der Waals surface area contributed by atoms with Crippen LogP contribution in [-0.4, -0.2) is 38.3 Å². The van der Waals surface area contributed by atoms with Crippen LogP contribution >= 0.6 is 0 Å². The number of para-hydroxylation sites is 2. The minimum atomic E-state index is 0.671. The van der Waals surface area contributed by atoms with Gasteiger partial charge in [0.1, 0.15) is 12.4 Å². The molecule has 0 amide bonds. The maximum Gasteiger partial charge on any atom is 0.170 e. The summed E-state index contributed by atoms with van der Waals surface area (Å²) >= 11 is 0. The molecule has 3 aromatic rings. The van der Waals surface area contributed by atoms with Gasteiger partial charge in [-0.05, 0) is 28.6 Å². The van der Waals surface area contributed by atoms with Crippen molar-refractivity contribution in [1.29, 1.82) is 0 Å². The summed E-state index contributed by atoms with van der Waals surface area (Å²) in [6.45, 7) is 3.03. The van der Waals surface area contributed by atoms with Gasteiger partial charge >= 0.3 is 0 Å². The van der Waals surface area contributed by atoms with Gasteiger partial charge in [0.05, 0.1) is 12.2 Å². The van der Waals surface area contributed by atoms with Crippen LogP contribution in [0.25, 0.3) is 5.69 Å². The van der Waals surface area contributed by atoms with Gasteiger partial charge in [0.25, 0.3) is 0 Å². The molecule has 0 N–H and O–H groups in total. The summed E-state index contributed by atoms with van der Waals surface area (Å²) < 4.78 is 7.60. The Morgan fingerprint density at radius 3 is 2.74 bits per heavy atom. The van der Waals surface area contributed by atoms with Crippen LogP contribution in [0, 0.1) is 0 Å². The van der Waals surface area contributed by atoms with E-state index in [0.29, 0.717) is 13.2 Å². The number of fused-ring (bicyclic) bond motifs is 1. The van der Waals surface area contributed by atoms with Crippen molar-refractivity contribution in [3.05, 3.63) is 66.0 Å². The lowest BCUT2D eigenvalue weighted by Crippen LogP contribution is -2.27. The highest BCUT2D eigenvalue weighted by atomic mass is 16.5. The van der Waals surface area contributed by atoms with Gasteiger partial charge in [-0.2, -0.15) is 4.68 Å². The zero-order valence-electron chi connectivity index (χ0n) is 12.7. The molecule has 0 unspecified atom stereocenters. The summed E-state index contributed by atoms with van der Waals surface area (Å²) in [5.74, 6) is 1.80. The topological polar surface area (TPSA) is 56.1 Å². The standard InChI is InChI=1S/C17H17N5O/c1-2-7-15(8-3-1)22-17(18-19-20-22)13-21-10-11-23-16-9-5-4-6-14(16)12-21/h1-9H,10-13H2. The van der Waals surface area contributed by atoms with Crippen molar-refractivity contribution in [2.24, 2.45) is 0 Å². The average Bonchev–Trinajstić information content (AvgIpc) is 2.95. The van der Waals surface area contributed by atoms with Gasteiger partial charge in [-0.1, -0.05) is 36.4 Å². The molecule has 1 aromatic heterocycles. The predicted octanol–water partition coefficient (Wildman–Crippen LogP) is 2.06. The lowest BCUT2D eigenvalue weighted by atomic mass is 10.2. The van der Waals surface area contributed by atoms with Crippen LogP contribution in [0.5, 0.6) is 5.75 Å². The van der Waals surface area contributed by atoms with Crippen LogP contribution < -0.4 is 4.74 Å². The second kappa shape index (κ2) is 6.18. The molecule has 116 valence electrons. The third-order valence-electron chi connectivity index (χ3n) is 3.93. The van der Waals surface area contributed by atoms with Crippen molar-refractivity contribution >= 4 is 0 Å². The number of ether oxygens (including phenoxy) is 1. The summed E-state index contributed by atoms with van der Waals surface area (Å²) in [5, 5.41) is 12.1. The van der Waals surface area contributed by atoms with Gasteiger partial charge in [-0.15, -0.1) is 5.10 Å². The number of benzene rings is 2. The van der Waals surface area contributed by atoms with E-state index in [9.17, 15) is 0 Å². The molecule has 23 heavy (non-hydrogen) atoms. The quantitative estimate of drug-likeness (QED) is 0.741. The Bertz CT molecular complexity index is 786. The largest absolute Gasteiger partial charge is 0.492 e. The van der Waals surface area contributed by atoms with Crippen LogP contribution in [0.2, 0.25) is 0 Å². The summed E-state index contributed by atoms with van der Waals surface area (Å²) in [6, 6.07) is 18.1. The van der Waals surface area contributed by atoms with Gasteiger partial charge in [-0.25, -0.2) is 0 Å². The van der Waals surface area contributed by atoms with Crippen molar-refractivity contribution in [1.82, 2.24) is 25.1 Å². The fourth-order valence-electron chi connectivity index (χ4n) is 2.79. The van der Waals surface area contributed by atoms with E-state index in [2.05, 4.69) is 26.5 Å². The monoisotopic (exact) mass is 307 g/mol. The summed E-state index contributed by atoms with van der Waals surface area (Å²) in [6.07, 6.45) is 0. The molecular weight excluding hydrogens is 290 g/mol. The molecule has 0 radical (unpaired) electrons. The highest BCUT2D eigenvalue weighted by molar-refractivity contribution is 5.34. The minimum absolute atomic E-state index is 0.671. The van der Waals surface area contributed by atoms with Crippen molar-refractivity contribution in [2.45, 2.75) is 13.1 Å². The maximum atomic E-state index is 5.81. The molecule has 0 aliphatic carbocycles. The third kappa shape index (κ3) is 2.93. The maximum absolute atomic E-state index is 5.81. The summed E-state index contributed by atoms with van der Waals surface area (Å²) in [5.41, 5.74) is 2.17. The Kier molecular flexibility index (Phi) is 3.73. The van der Waals surface area contributed by atoms with Crippen molar-refractivity contribution in [3.8, 4) is 11.4 Å². The first-order valence-electron chi connectivity index (χ1n) is 7.66. The molecule has 2 aromatic carbocycles. The second-order valence-corrected chi connectivity index (χ2v) is 5.51. The number of hydrogen-bond donors (Lipinski definition) is 0. The average molecular weight is 307 g/mol.